The standard InChI is InChI=1S/C8H10N/c1-3-8-4-7(2)5-9-6-8/h4,6H,3H2,1-2H3. The van der Waals surface area contributed by atoms with Crippen molar-refractivity contribution in [1.82, 2.24) is 4.98 Å². The number of aromatic nitrogens is 1. The van der Waals surface area contributed by atoms with Crippen molar-refractivity contribution in [2.24, 2.45) is 0 Å². The van der Waals surface area contributed by atoms with Crippen molar-refractivity contribution < 1.29 is 0 Å². The quantitative estimate of drug-likeness (QED) is 0.550. The summed E-state index contributed by atoms with van der Waals surface area (Å²) in [6, 6.07) is 2.10. The summed E-state index contributed by atoms with van der Waals surface area (Å²) >= 11 is 0. The van der Waals surface area contributed by atoms with E-state index in [4.69, 9.17) is 0 Å². The van der Waals surface area contributed by atoms with Crippen molar-refractivity contribution in [2.75, 3.05) is 0 Å². The van der Waals surface area contributed by atoms with Crippen molar-refractivity contribution in [3.8, 4) is 0 Å². The highest BCUT2D eigenvalue weighted by atomic mass is 14.6. The van der Waals surface area contributed by atoms with E-state index in [0.717, 1.165) is 12.0 Å². The number of nitrogens with zero attached hydrogens (tertiary/aromatic N) is 1. The van der Waals surface area contributed by atoms with E-state index in [-0.39, 0.29) is 0 Å². The molecule has 9 heavy (non-hydrogen) atoms. The normalized spacial score (nSPS) is 9.56. The largest absolute Gasteiger partial charge is 0.254 e. The summed E-state index contributed by atoms with van der Waals surface area (Å²) in [5, 5.41) is 0. The first kappa shape index (κ1) is 6.27. The molecule has 1 heteroatoms. The Morgan fingerprint density at radius 3 is 2.89 bits per heavy atom. The maximum atomic E-state index is 3.93. The van der Waals surface area contributed by atoms with Gasteiger partial charge < -0.3 is 0 Å². The highest BCUT2D eigenvalue weighted by molar-refractivity contribution is 5.15. The van der Waals surface area contributed by atoms with Crippen LogP contribution in [0, 0.1) is 13.1 Å². The van der Waals surface area contributed by atoms with Crippen LogP contribution in [-0.4, -0.2) is 4.98 Å². The molecule has 0 N–H and O–H groups in total. The van der Waals surface area contributed by atoms with Crippen LogP contribution in [0.15, 0.2) is 12.3 Å². The second-order valence-corrected chi connectivity index (χ2v) is 2.13. The van der Waals surface area contributed by atoms with Gasteiger partial charge in [0, 0.05) is 6.20 Å². The molecule has 0 unspecified atom stereocenters. The zero-order valence-corrected chi connectivity index (χ0v) is 5.81. The third-order valence-corrected chi connectivity index (χ3v) is 1.28. The van der Waals surface area contributed by atoms with Gasteiger partial charge in [-0.25, -0.2) is 0 Å². The highest BCUT2D eigenvalue weighted by Gasteiger charge is 1.87. The van der Waals surface area contributed by atoms with Crippen LogP contribution in [-0.2, 0) is 6.42 Å². The molecular formula is C8H10N. The minimum Gasteiger partial charge on any atom is -0.254 e. The lowest BCUT2D eigenvalue weighted by Crippen LogP contribution is -1.83. The van der Waals surface area contributed by atoms with Crippen molar-refractivity contribution >= 4 is 0 Å². The van der Waals surface area contributed by atoms with Gasteiger partial charge in [-0.05, 0) is 24.5 Å². The number of aryl methyl sites for hydroxylation is 2. The molecule has 0 atom stereocenters. The molecule has 47 valence electrons. The fraction of sp³-hybridized carbons (Fsp3) is 0.375. The van der Waals surface area contributed by atoms with Crippen molar-refractivity contribution in [3.63, 3.8) is 0 Å². The first-order valence-electron chi connectivity index (χ1n) is 3.16. The van der Waals surface area contributed by atoms with Gasteiger partial charge in [0.2, 0.25) is 0 Å². The molecule has 1 aromatic rings. The summed E-state index contributed by atoms with van der Waals surface area (Å²) < 4.78 is 0. The van der Waals surface area contributed by atoms with Crippen LogP contribution < -0.4 is 0 Å². The molecule has 1 nitrogen and oxygen atoms in total. The SMILES string of the molecule is CCc1cn[c]c(C)c1. The molecule has 1 aromatic heterocycles. The Morgan fingerprint density at radius 2 is 2.44 bits per heavy atom. The summed E-state index contributed by atoms with van der Waals surface area (Å²) in [7, 11) is 0. The minimum atomic E-state index is 1.06. The summed E-state index contributed by atoms with van der Waals surface area (Å²) in [6.45, 7) is 4.13. The van der Waals surface area contributed by atoms with Gasteiger partial charge in [0.25, 0.3) is 0 Å². The van der Waals surface area contributed by atoms with Crippen LogP contribution in [0.3, 0.4) is 0 Å². The summed E-state index contributed by atoms with van der Waals surface area (Å²) in [4.78, 5) is 3.93. The van der Waals surface area contributed by atoms with E-state index in [1.165, 1.54) is 5.56 Å². The van der Waals surface area contributed by atoms with Crippen LogP contribution in [0.5, 0.6) is 0 Å². The maximum Gasteiger partial charge on any atom is 0.0918 e. The highest BCUT2D eigenvalue weighted by Crippen LogP contribution is 1.99. The van der Waals surface area contributed by atoms with Crippen molar-refractivity contribution in [1.29, 1.82) is 0 Å². The van der Waals surface area contributed by atoms with E-state index in [0.29, 0.717) is 0 Å². The van der Waals surface area contributed by atoms with Gasteiger partial charge in [-0.2, -0.15) is 0 Å². The van der Waals surface area contributed by atoms with Gasteiger partial charge in [0.15, 0.2) is 0 Å². The Kier molecular flexibility index (Phi) is 1.83. The lowest BCUT2D eigenvalue weighted by Gasteiger charge is -1.93. The molecule has 0 aliphatic carbocycles. The Morgan fingerprint density at radius 1 is 1.67 bits per heavy atom. The molecule has 0 aromatic carbocycles. The Labute approximate surface area is 55.7 Å². The Bertz CT molecular complexity index is 194. The first-order chi connectivity index (χ1) is 4.33. The average Bonchev–Trinajstić information content (AvgIpc) is 1.88. The maximum absolute atomic E-state index is 3.93. The van der Waals surface area contributed by atoms with E-state index >= 15 is 0 Å². The molecule has 0 amide bonds. The molecule has 1 heterocycles. The number of hydrogen-bond acceptors (Lipinski definition) is 1. The van der Waals surface area contributed by atoms with Gasteiger partial charge in [0.1, 0.15) is 0 Å². The van der Waals surface area contributed by atoms with E-state index in [1.807, 2.05) is 13.1 Å². The smallest absolute Gasteiger partial charge is 0.0918 e. The Balaban J connectivity index is 2.94. The lowest BCUT2D eigenvalue weighted by atomic mass is 10.2. The first-order valence-corrected chi connectivity index (χ1v) is 3.16. The minimum absolute atomic E-state index is 1.06. The van der Waals surface area contributed by atoms with Crippen LogP contribution >= 0.6 is 0 Å². The number of rotatable bonds is 1. The van der Waals surface area contributed by atoms with E-state index in [9.17, 15) is 0 Å². The van der Waals surface area contributed by atoms with E-state index in [2.05, 4.69) is 24.2 Å². The third kappa shape index (κ3) is 1.53. The fourth-order valence-corrected chi connectivity index (χ4v) is 0.758. The molecular weight excluding hydrogens is 110 g/mol. The van der Waals surface area contributed by atoms with Crippen molar-refractivity contribution in [2.45, 2.75) is 20.3 Å². The summed E-state index contributed by atoms with van der Waals surface area (Å²) in [5.41, 5.74) is 2.40. The van der Waals surface area contributed by atoms with Gasteiger partial charge in [-0.15, -0.1) is 0 Å². The predicted molar refractivity (Wildman–Crippen MR) is 37.2 cm³/mol. The molecule has 0 saturated carbocycles. The van der Waals surface area contributed by atoms with E-state index in [1.54, 1.807) is 0 Å². The molecule has 1 rings (SSSR count). The number of hydrogen-bond donors (Lipinski definition) is 0. The molecule has 0 aliphatic heterocycles. The van der Waals surface area contributed by atoms with Crippen LogP contribution in [0.4, 0.5) is 0 Å². The lowest BCUT2D eigenvalue weighted by molar-refractivity contribution is 1.08. The zero-order valence-electron chi connectivity index (χ0n) is 5.81. The van der Waals surface area contributed by atoms with Crippen LogP contribution in [0.2, 0.25) is 0 Å². The molecule has 0 bridgehead atoms. The number of pyridine rings is 1. The average molecular weight is 120 g/mol. The zero-order chi connectivity index (χ0) is 6.69. The van der Waals surface area contributed by atoms with Crippen molar-refractivity contribution in [3.05, 3.63) is 29.6 Å². The fourth-order valence-electron chi connectivity index (χ4n) is 0.758. The summed E-state index contributed by atoms with van der Waals surface area (Å²) in [5.74, 6) is 0. The monoisotopic (exact) mass is 120 g/mol. The van der Waals surface area contributed by atoms with Gasteiger partial charge in [-0.3, -0.25) is 4.98 Å². The second kappa shape index (κ2) is 2.62. The van der Waals surface area contributed by atoms with Gasteiger partial charge >= 0.3 is 0 Å². The van der Waals surface area contributed by atoms with Crippen LogP contribution in [0.1, 0.15) is 18.1 Å². The molecule has 0 aliphatic rings. The molecule has 1 radical (unpaired) electrons. The second-order valence-electron chi connectivity index (χ2n) is 2.13. The molecule has 0 saturated heterocycles. The van der Waals surface area contributed by atoms with E-state index < -0.39 is 0 Å². The van der Waals surface area contributed by atoms with Gasteiger partial charge in [0.05, 0.1) is 6.20 Å². The molecule has 0 spiro atoms. The summed E-state index contributed by atoms with van der Waals surface area (Å²) in [6.07, 6.45) is 5.77. The van der Waals surface area contributed by atoms with Gasteiger partial charge in [-0.1, -0.05) is 13.0 Å². The third-order valence-electron chi connectivity index (χ3n) is 1.28. The van der Waals surface area contributed by atoms with Crippen LogP contribution in [0.25, 0.3) is 0 Å². The molecule has 0 fully saturated rings. The Hall–Kier alpha value is -0.850. The topological polar surface area (TPSA) is 12.9 Å². The predicted octanol–water partition coefficient (Wildman–Crippen LogP) is 1.75.